The van der Waals surface area contributed by atoms with Crippen molar-refractivity contribution in [2.24, 2.45) is 0 Å². The third-order valence-electron chi connectivity index (χ3n) is 1.67. The smallest absolute Gasteiger partial charge is 0.398 e. The number of rotatable bonds is 1. The number of furan rings is 1. The molecule has 1 unspecified atom stereocenters. The summed E-state index contributed by atoms with van der Waals surface area (Å²) in [6.07, 6.45) is -2.90. The van der Waals surface area contributed by atoms with E-state index in [9.17, 15) is 13.2 Å². The van der Waals surface area contributed by atoms with E-state index >= 15 is 0 Å². The Morgan fingerprint density at radius 2 is 2.00 bits per heavy atom. The van der Waals surface area contributed by atoms with E-state index in [1.165, 1.54) is 12.3 Å². The van der Waals surface area contributed by atoms with Crippen molar-refractivity contribution >= 4 is 0 Å². The van der Waals surface area contributed by atoms with Crippen molar-refractivity contribution in [3.05, 3.63) is 23.7 Å². The van der Waals surface area contributed by atoms with Crippen molar-refractivity contribution in [1.82, 2.24) is 0 Å². The summed E-state index contributed by atoms with van der Waals surface area (Å²) in [5, 5.41) is 0. The van der Waals surface area contributed by atoms with Crippen LogP contribution in [0.1, 0.15) is 24.2 Å². The molecule has 0 saturated carbocycles. The summed E-state index contributed by atoms with van der Waals surface area (Å²) in [7, 11) is 0. The SMILES string of the molecule is Cc1coc(C(C)C(F)(F)F)c1. The van der Waals surface area contributed by atoms with Crippen LogP contribution in [0, 0.1) is 6.92 Å². The van der Waals surface area contributed by atoms with Crippen LogP contribution in [0.15, 0.2) is 16.7 Å². The van der Waals surface area contributed by atoms with E-state index in [-0.39, 0.29) is 5.76 Å². The lowest BCUT2D eigenvalue weighted by molar-refractivity contribution is -0.149. The summed E-state index contributed by atoms with van der Waals surface area (Å²) in [6.45, 7) is 2.77. The largest absolute Gasteiger partial charge is 0.468 e. The Hall–Kier alpha value is -0.930. The highest BCUT2D eigenvalue weighted by Crippen LogP contribution is 2.34. The van der Waals surface area contributed by atoms with Gasteiger partial charge in [-0.1, -0.05) is 0 Å². The Morgan fingerprint density at radius 3 is 2.33 bits per heavy atom. The van der Waals surface area contributed by atoms with E-state index < -0.39 is 12.1 Å². The first-order valence-electron chi connectivity index (χ1n) is 3.53. The summed E-state index contributed by atoms with van der Waals surface area (Å²) in [6, 6.07) is 1.40. The Bertz CT molecular complexity index is 262. The second kappa shape index (κ2) is 2.84. The molecular formula is C8H9F3O. The van der Waals surface area contributed by atoms with E-state index in [4.69, 9.17) is 4.42 Å². The third kappa shape index (κ3) is 1.81. The molecule has 0 aliphatic carbocycles. The average molecular weight is 178 g/mol. The van der Waals surface area contributed by atoms with Gasteiger partial charge in [0, 0.05) is 0 Å². The molecule has 68 valence electrons. The molecule has 0 spiro atoms. The van der Waals surface area contributed by atoms with Gasteiger partial charge in [-0.05, 0) is 25.5 Å². The van der Waals surface area contributed by atoms with Gasteiger partial charge in [-0.2, -0.15) is 13.2 Å². The van der Waals surface area contributed by atoms with Crippen molar-refractivity contribution in [3.8, 4) is 0 Å². The molecular weight excluding hydrogens is 169 g/mol. The van der Waals surface area contributed by atoms with E-state index in [1.807, 2.05) is 0 Å². The highest BCUT2D eigenvalue weighted by Gasteiger charge is 2.38. The first-order chi connectivity index (χ1) is 5.41. The predicted octanol–water partition coefficient (Wildman–Crippen LogP) is 3.25. The Labute approximate surface area is 68.2 Å². The van der Waals surface area contributed by atoms with Gasteiger partial charge in [0.15, 0.2) is 0 Å². The molecule has 4 heteroatoms. The minimum absolute atomic E-state index is 0.0278. The minimum Gasteiger partial charge on any atom is -0.468 e. The molecule has 0 aliphatic heterocycles. The highest BCUT2D eigenvalue weighted by atomic mass is 19.4. The molecule has 0 fully saturated rings. The molecule has 0 saturated heterocycles. The van der Waals surface area contributed by atoms with E-state index in [0.717, 1.165) is 6.92 Å². The first kappa shape index (κ1) is 9.16. The van der Waals surface area contributed by atoms with Crippen molar-refractivity contribution in [2.75, 3.05) is 0 Å². The van der Waals surface area contributed by atoms with Crippen LogP contribution in [0.5, 0.6) is 0 Å². The van der Waals surface area contributed by atoms with E-state index in [0.29, 0.717) is 5.56 Å². The molecule has 0 bridgehead atoms. The molecule has 0 aliphatic rings. The van der Waals surface area contributed by atoms with Crippen LogP contribution < -0.4 is 0 Å². The molecule has 1 aromatic heterocycles. The van der Waals surface area contributed by atoms with Gasteiger partial charge in [-0.3, -0.25) is 0 Å². The lowest BCUT2D eigenvalue weighted by Gasteiger charge is -2.11. The molecule has 0 aromatic carbocycles. The number of hydrogen-bond donors (Lipinski definition) is 0. The van der Waals surface area contributed by atoms with Gasteiger partial charge in [0.05, 0.1) is 6.26 Å². The summed E-state index contributed by atoms with van der Waals surface area (Å²) in [5.41, 5.74) is 0.709. The number of aryl methyl sites for hydroxylation is 1. The molecule has 0 radical (unpaired) electrons. The second-order valence-corrected chi connectivity index (χ2v) is 2.79. The fourth-order valence-corrected chi connectivity index (χ4v) is 0.842. The quantitative estimate of drug-likeness (QED) is 0.643. The maximum Gasteiger partial charge on any atom is 0.398 e. The first-order valence-corrected chi connectivity index (χ1v) is 3.53. The summed E-state index contributed by atoms with van der Waals surface area (Å²) < 4.78 is 41.0. The van der Waals surface area contributed by atoms with Crippen LogP contribution in [-0.2, 0) is 0 Å². The van der Waals surface area contributed by atoms with Crippen molar-refractivity contribution < 1.29 is 17.6 Å². The second-order valence-electron chi connectivity index (χ2n) is 2.79. The van der Waals surface area contributed by atoms with E-state index in [2.05, 4.69) is 0 Å². The summed E-state index contributed by atoms with van der Waals surface area (Å²) >= 11 is 0. The Balaban J connectivity index is 2.85. The average Bonchev–Trinajstić information content (AvgIpc) is 2.32. The number of alkyl halides is 3. The molecule has 12 heavy (non-hydrogen) atoms. The fraction of sp³-hybridized carbons (Fsp3) is 0.500. The van der Waals surface area contributed by atoms with Crippen LogP contribution in [0.3, 0.4) is 0 Å². The minimum atomic E-state index is -4.22. The maximum atomic E-state index is 12.1. The van der Waals surface area contributed by atoms with Crippen LogP contribution in [-0.4, -0.2) is 6.18 Å². The number of hydrogen-bond acceptors (Lipinski definition) is 1. The summed E-state index contributed by atoms with van der Waals surface area (Å²) in [5.74, 6) is -1.55. The topological polar surface area (TPSA) is 13.1 Å². The fourth-order valence-electron chi connectivity index (χ4n) is 0.842. The van der Waals surface area contributed by atoms with Crippen molar-refractivity contribution in [3.63, 3.8) is 0 Å². The van der Waals surface area contributed by atoms with E-state index in [1.54, 1.807) is 6.92 Å². The van der Waals surface area contributed by atoms with Crippen LogP contribution in [0.2, 0.25) is 0 Å². The predicted molar refractivity (Wildman–Crippen MR) is 37.9 cm³/mol. The lowest BCUT2D eigenvalue weighted by Crippen LogP contribution is -2.16. The van der Waals surface area contributed by atoms with Gasteiger partial charge in [-0.15, -0.1) is 0 Å². The van der Waals surface area contributed by atoms with Crippen molar-refractivity contribution in [2.45, 2.75) is 25.9 Å². The number of halogens is 3. The van der Waals surface area contributed by atoms with Crippen LogP contribution >= 0.6 is 0 Å². The monoisotopic (exact) mass is 178 g/mol. The van der Waals surface area contributed by atoms with Gasteiger partial charge in [0.25, 0.3) is 0 Å². The molecule has 1 aromatic rings. The Kier molecular flexibility index (Phi) is 2.17. The van der Waals surface area contributed by atoms with Crippen LogP contribution in [0.4, 0.5) is 13.2 Å². The Morgan fingerprint density at radius 1 is 1.42 bits per heavy atom. The highest BCUT2D eigenvalue weighted by molar-refractivity contribution is 5.14. The zero-order valence-electron chi connectivity index (χ0n) is 6.77. The summed E-state index contributed by atoms with van der Waals surface area (Å²) in [4.78, 5) is 0. The molecule has 0 amide bonds. The molecule has 1 nitrogen and oxygen atoms in total. The van der Waals surface area contributed by atoms with Gasteiger partial charge in [-0.25, -0.2) is 0 Å². The maximum absolute atomic E-state index is 12.1. The molecule has 1 heterocycles. The molecule has 1 rings (SSSR count). The van der Waals surface area contributed by atoms with Crippen LogP contribution in [0.25, 0.3) is 0 Å². The molecule has 0 N–H and O–H groups in total. The molecule has 1 atom stereocenters. The zero-order valence-corrected chi connectivity index (χ0v) is 6.77. The third-order valence-corrected chi connectivity index (χ3v) is 1.67. The van der Waals surface area contributed by atoms with Gasteiger partial charge in [0.1, 0.15) is 11.7 Å². The van der Waals surface area contributed by atoms with Gasteiger partial charge < -0.3 is 4.42 Å². The van der Waals surface area contributed by atoms with Gasteiger partial charge in [0.2, 0.25) is 0 Å². The van der Waals surface area contributed by atoms with Gasteiger partial charge >= 0.3 is 6.18 Å². The van der Waals surface area contributed by atoms with Crippen molar-refractivity contribution in [1.29, 1.82) is 0 Å². The lowest BCUT2D eigenvalue weighted by atomic mass is 10.1. The normalized spacial score (nSPS) is 14.8. The zero-order chi connectivity index (χ0) is 9.35. The standard InChI is InChI=1S/C8H9F3O/c1-5-3-7(12-4-5)6(2)8(9,10)11/h3-4,6H,1-2H3.